The zero-order chi connectivity index (χ0) is 15.6. The predicted molar refractivity (Wildman–Crippen MR) is 77.3 cm³/mol. The van der Waals surface area contributed by atoms with E-state index in [4.69, 9.17) is 5.73 Å². The van der Waals surface area contributed by atoms with Gasteiger partial charge in [-0.05, 0) is 31.2 Å². The highest BCUT2D eigenvalue weighted by atomic mass is 32.2. The molecule has 21 heavy (non-hydrogen) atoms. The fourth-order valence-electron chi connectivity index (χ4n) is 1.66. The molecule has 110 valence electrons. The maximum Gasteiger partial charge on any atom is 0.292 e. The van der Waals surface area contributed by atoms with Crippen molar-refractivity contribution in [2.45, 2.75) is 11.8 Å². The van der Waals surface area contributed by atoms with Crippen LogP contribution in [-0.2, 0) is 10.0 Å². The Morgan fingerprint density at radius 2 is 2.05 bits per heavy atom. The van der Waals surface area contributed by atoms with Gasteiger partial charge in [0, 0.05) is 12.3 Å². The number of rotatable bonds is 4. The van der Waals surface area contributed by atoms with Gasteiger partial charge in [-0.1, -0.05) is 0 Å². The second-order valence-corrected chi connectivity index (χ2v) is 5.90. The highest BCUT2D eigenvalue weighted by molar-refractivity contribution is 7.92. The zero-order valence-electron chi connectivity index (χ0n) is 11.0. The number of hydrogen-bond donors (Lipinski definition) is 2. The summed E-state index contributed by atoms with van der Waals surface area (Å²) in [6, 6.07) is 6.39. The smallest absolute Gasteiger partial charge is 0.292 e. The highest BCUT2D eigenvalue weighted by Gasteiger charge is 2.19. The summed E-state index contributed by atoms with van der Waals surface area (Å²) in [4.78, 5) is 13.8. The largest absolute Gasteiger partial charge is 0.393 e. The summed E-state index contributed by atoms with van der Waals surface area (Å²) in [5.74, 6) is 0. The maximum atomic E-state index is 12.2. The Labute approximate surface area is 120 Å². The Bertz CT molecular complexity index is 805. The molecule has 0 saturated heterocycles. The van der Waals surface area contributed by atoms with E-state index in [-0.39, 0.29) is 16.3 Å². The van der Waals surface area contributed by atoms with Crippen molar-refractivity contribution in [1.29, 1.82) is 0 Å². The lowest BCUT2D eigenvalue weighted by Crippen LogP contribution is -2.14. The van der Waals surface area contributed by atoms with E-state index in [0.29, 0.717) is 11.4 Å². The number of aromatic nitrogens is 1. The van der Waals surface area contributed by atoms with Gasteiger partial charge in [0.2, 0.25) is 0 Å². The first-order valence-electron chi connectivity index (χ1n) is 5.79. The Morgan fingerprint density at radius 1 is 1.33 bits per heavy atom. The molecular formula is C12H12N4O4S. The number of sulfonamides is 1. The van der Waals surface area contributed by atoms with Crippen LogP contribution >= 0.6 is 0 Å². The number of nitrogens with zero attached hydrogens (tertiary/aromatic N) is 2. The van der Waals surface area contributed by atoms with Gasteiger partial charge >= 0.3 is 0 Å². The fourth-order valence-corrected chi connectivity index (χ4v) is 2.81. The standard InChI is InChI=1S/C12H12N4O4S/c1-8-11(3-2-6-14-8)15-21(19,20)9-4-5-12(16(17)18)10(13)7-9/h2-7,15H,13H2,1H3. The topological polar surface area (TPSA) is 128 Å². The molecule has 1 aromatic carbocycles. The van der Waals surface area contributed by atoms with Crippen molar-refractivity contribution in [2.24, 2.45) is 0 Å². The van der Waals surface area contributed by atoms with Crippen molar-refractivity contribution in [3.8, 4) is 0 Å². The van der Waals surface area contributed by atoms with E-state index in [1.165, 1.54) is 6.20 Å². The van der Waals surface area contributed by atoms with Crippen LogP contribution in [0.2, 0.25) is 0 Å². The SMILES string of the molecule is Cc1ncccc1NS(=O)(=O)c1ccc([N+](=O)[O-])c(N)c1. The van der Waals surface area contributed by atoms with Crippen molar-refractivity contribution < 1.29 is 13.3 Å². The monoisotopic (exact) mass is 308 g/mol. The third-order valence-corrected chi connectivity index (χ3v) is 4.12. The molecule has 2 aromatic rings. The maximum absolute atomic E-state index is 12.2. The normalized spacial score (nSPS) is 11.1. The minimum absolute atomic E-state index is 0.158. The van der Waals surface area contributed by atoms with Crippen LogP contribution in [0.1, 0.15) is 5.69 Å². The summed E-state index contributed by atoms with van der Waals surface area (Å²) in [5, 5.41) is 10.7. The molecule has 1 heterocycles. The van der Waals surface area contributed by atoms with E-state index < -0.39 is 14.9 Å². The number of aryl methyl sites for hydroxylation is 1. The van der Waals surface area contributed by atoms with Gasteiger partial charge in [0.15, 0.2) is 0 Å². The fraction of sp³-hybridized carbons (Fsp3) is 0.0833. The second-order valence-electron chi connectivity index (χ2n) is 4.22. The average Bonchev–Trinajstić information content (AvgIpc) is 2.40. The number of nitro groups is 1. The summed E-state index contributed by atoms with van der Waals surface area (Å²) < 4.78 is 26.8. The van der Waals surface area contributed by atoms with Gasteiger partial charge < -0.3 is 5.73 Å². The number of nitrogens with one attached hydrogen (secondary N) is 1. The van der Waals surface area contributed by atoms with E-state index in [1.807, 2.05) is 0 Å². The summed E-state index contributed by atoms with van der Waals surface area (Å²) >= 11 is 0. The molecule has 0 aliphatic rings. The Hall–Kier alpha value is -2.68. The second kappa shape index (κ2) is 5.37. The molecule has 2 rings (SSSR count). The summed E-state index contributed by atoms with van der Waals surface area (Å²) in [6.07, 6.45) is 1.54. The van der Waals surface area contributed by atoms with Gasteiger partial charge in [0.05, 0.1) is 21.2 Å². The van der Waals surface area contributed by atoms with Crippen LogP contribution < -0.4 is 10.5 Å². The minimum Gasteiger partial charge on any atom is -0.393 e. The lowest BCUT2D eigenvalue weighted by atomic mass is 10.3. The molecular weight excluding hydrogens is 296 g/mol. The van der Waals surface area contributed by atoms with Gasteiger partial charge in [-0.2, -0.15) is 0 Å². The first-order chi connectivity index (χ1) is 9.81. The molecule has 0 fully saturated rings. The Morgan fingerprint density at radius 3 is 2.62 bits per heavy atom. The molecule has 1 aromatic heterocycles. The molecule has 0 radical (unpaired) electrons. The molecule has 3 N–H and O–H groups in total. The molecule has 8 nitrogen and oxygen atoms in total. The molecule has 0 bridgehead atoms. The van der Waals surface area contributed by atoms with Crippen molar-refractivity contribution in [3.05, 3.63) is 52.3 Å². The van der Waals surface area contributed by atoms with E-state index in [2.05, 4.69) is 9.71 Å². The van der Waals surface area contributed by atoms with Crippen LogP contribution in [0.3, 0.4) is 0 Å². The number of anilines is 2. The van der Waals surface area contributed by atoms with Crippen LogP contribution in [0.4, 0.5) is 17.1 Å². The summed E-state index contributed by atoms with van der Waals surface area (Å²) in [5.41, 5.74) is 5.78. The molecule has 0 atom stereocenters. The predicted octanol–water partition coefficient (Wildman–Crippen LogP) is 1.68. The van der Waals surface area contributed by atoms with Gasteiger partial charge in [-0.25, -0.2) is 8.42 Å². The number of hydrogen-bond acceptors (Lipinski definition) is 6. The molecule has 0 unspecified atom stereocenters. The third kappa shape index (κ3) is 3.08. The quantitative estimate of drug-likeness (QED) is 0.502. The van der Waals surface area contributed by atoms with Gasteiger partial charge in [-0.15, -0.1) is 0 Å². The van der Waals surface area contributed by atoms with E-state index in [1.54, 1.807) is 19.1 Å². The van der Waals surface area contributed by atoms with Gasteiger partial charge in [-0.3, -0.25) is 19.8 Å². The van der Waals surface area contributed by atoms with Crippen molar-refractivity contribution in [1.82, 2.24) is 4.98 Å². The van der Waals surface area contributed by atoms with Crippen molar-refractivity contribution in [3.63, 3.8) is 0 Å². The Balaban J connectivity index is 2.39. The minimum atomic E-state index is -3.89. The molecule has 0 aliphatic carbocycles. The molecule has 0 amide bonds. The zero-order valence-corrected chi connectivity index (χ0v) is 11.8. The first-order valence-corrected chi connectivity index (χ1v) is 7.28. The Kier molecular flexibility index (Phi) is 3.76. The molecule has 0 spiro atoms. The van der Waals surface area contributed by atoms with E-state index in [9.17, 15) is 18.5 Å². The van der Waals surface area contributed by atoms with Crippen LogP contribution in [0.25, 0.3) is 0 Å². The molecule has 9 heteroatoms. The lowest BCUT2D eigenvalue weighted by molar-refractivity contribution is -0.383. The average molecular weight is 308 g/mol. The third-order valence-electron chi connectivity index (χ3n) is 2.76. The number of nitrogen functional groups attached to an aromatic ring is 1. The summed E-state index contributed by atoms with van der Waals surface area (Å²) in [6.45, 7) is 1.65. The van der Waals surface area contributed by atoms with Gasteiger partial charge in [0.25, 0.3) is 15.7 Å². The van der Waals surface area contributed by atoms with Crippen molar-refractivity contribution in [2.75, 3.05) is 10.5 Å². The van der Waals surface area contributed by atoms with E-state index >= 15 is 0 Å². The number of nitrogens with two attached hydrogens (primary N) is 1. The molecule has 0 saturated carbocycles. The number of nitro benzene ring substituents is 1. The molecule has 0 aliphatic heterocycles. The van der Waals surface area contributed by atoms with Crippen molar-refractivity contribution >= 4 is 27.1 Å². The number of pyridine rings is 1. The highest BCUT2D eigenvalue weighted by Crippen LogP contribution is 2.26. The first kappa shape index (κ1) is 14.7. The number of benzene rings is 1. The van der Waals surface area contributed by atoms with Gasteiger partial charge in [0.1, 0.15) is 5.69 Å². The van der Waals surface area contributed by atoms with E-state index in [0.717, 1.165) is 18.2 Å². The van der Waals surface area contributed by atoms with Crippen LogP contribution in [0.5, 0.6) is 0 Å². The summed E-state index contributed by atoms with van der Waals surface area (Å²) in [7, 11) is -3.89. The lowest BCUT2D eigenvalue weighted by Gasteiger charge is -2.10. The van der Waals surface area contributed by atoms with Crippen LogP contribution in [0.15, 0.2) is 41.4 Å². The van der Waals surface area contributed by atoms with Crippen LogP contribution in [-0.4, -0.2) is 18.3 Å². The van der Waals surface area contributed by atoms with Crippen LogP contribution in [0, 0.1) is 17.0 Å².